The maximum absolute atomic E-state index is 13.3. The van der Waals surface area contributed by atoms with E-state index in [1.165, 1.54) is 27.6 Å². The Labute approximate surface area is 284 Å². The van der Waals surface area contributed by atoms with Gasteiger partial charge in [-0.15, -0.1) is 11.3 Å². The Hall–Kier alpha value is -3.62. The van der Waals surface area contributed by atoms with Crippen LogP contribution in [0, 0.1) is 11.8 Å². The maximum Gasteiger partial charge on any atom is 0.305 e. The molecular weight excluding hydrogens is 621 g/mol. The number of hydrogen-bond acceptors (Lipinski definition) is 6. The van der Waals surface area contributed by atoms with E-state index in [-0.39, 0.29) is 29.1 Å². The van der Waals surface area contributed by atoms with Gasteiger partial charge in [-0.05, 0) is 52.2 Å². The molecule has 1 unspecified atom stereocenters. The third-order valence-corrected chi connectivity index (χ3v) is 15.4. The molecular formula is C40H46O5SSi. The molecule has 1 fully saturated rings. The van der Waals surface area contributed by atoms with Crippen molar-refractivity contribution in [3.05, 3.63) is 120 Å². The van der Waals surface area contributed by atoms with Crippen LogP contribution in [0.1, 0.15) is 63.9 Å². The van der Waals surface area contributed by atoms with Crippen LogP contribution in [0.2, 0.25) is 5.04 Å². The van der Waals surface area contributed by atoms with Crippen molar-refractivity contribution in [2.45, 2.75) is 70.1 Å². The number of unbranched alkanes of at least 4 members (excludes halogenated alkanes) is 1. The molecule has 5 rings (SSSR count). The number of ketones is 1. The van der Waals surface area contributed by atoms with Crippen LogP contribution in [0.25, 0.3) is 10.1 Å². The number of fused-ring (bicyclic) bond motifs is 1. The van der Waals surface area contributed by atoms with Crippen molar-refractivity contribution in [3.63, 3.8) is 0 Å². The van der Waals surface area contributed by atoms with Gasteiger partial charge in [-0.1, -0.05) is 124 Å². The van der Waals surface area contributed by atoms with Crippen LogP contribution in [0.15, 0.2) is 115 Å². The highest BCUT2D eigenvalue weighted by atomic mass is 32.1. The fraction of sp³-hybridized carbons (Fsp3) is 0.350. The lowest BCUT2D eigenvalue weighted by Crippen LogP contribution is -2.66. The fourth-order valence-electron chi connectivity index (χ4n) is 6.80. The molecule has 7 heteroatoms. The van der Waals surface area contributed by atoms with Crippen LogP contribution in [0.5, 0.6) is 0 Å². The SMILES string of the molecule is COC(=O)CCCC=CC[C@H]1[C@@H](O)CC(=O)[C@@H]1C=CC(O[Si](c1ccccc1)(c1ccccc1)C(C)(C)C)c1cc2ccccc2s1. The maximum atomic E-state index is 13.3. The lowest BCUT2D eigenvalue weighted by molar-refractivity contribution is -0.140. The van der Waals surface area contributed by atoms with E-state index in [1.807, 2.05) is 30.4 Å². The van der Waals surface area contributed by atoms with Crippen LogP contribution in [0.3, 0.4) is 0 Å². The molecule has 246 valence electrons. The van der Waals surface area contributed by atoms with E-state index in [0.29, 0.717) is 19.3 Å². The molecule has 0 spiro atoms. The molecule has 47 heavy (non-hydrogen) atoms. The standard InChI is InChI=1S/C40H46O5SSi/c1-40(2,3)47(30-18-9-7-10-19-30,31-20-11-8-12-21-31)45-36(38-27-29-17-15-16-23-37(29)46-38)26-25-33-32(34(41)28-35(33)42)22-13-5-6-14-24-39(43)44-4/h5,7-13,15-21,23,25-27,32-34,36,41H,6,14,22,24,28H2,1-4H3/t32-,33-,34+,36?/m1/s1. The second kappa shape index (κ2) is 15.5. The monoisotopic (exact) mass is 666 g/mol. The summed E-state index contributed by atoms with van der Waals surface area (Å²) >= 11 is 1.72. The van der Waals surface area contributed by atoms with E-state index in [1.54, 1.807) is 11.3 Å². The number of ether oxygens (including phenoxy) is 1. The molecule has 1 aliphatic carbocycles. The van der Waals surface area contributed by atoms with Gasteiger partial charge in [-0.25, -0.2) is 0 Å². The van der Waals surface area contributed by atoms with E-state index in [4.69, 9.17) is 9.16 Å². The minimum atomic E-state index is -2.94. The highest BCUT2D eigenvalue weighted by Gasteiger charge is 2.51. The third kappa shape index (κ3) is 7.92. The number of aliphatic hydroxyl groups is 1. The topological polar surface area (TPSA) is 72.8 Å². The van der Waals surface area contributed by atoms with Crippen molar-refractivity contribution >= 4 is 51.9 Å². The number of methoxy groups -OCH3 is 1. The Morgan fingerprint density at radius 1 is 0.979 bits per heavy atom. The number of hydrogen-bond donors (Lipinski definition) is 1. The number of benzene rings is 3. The predicted molar refractivity (Wildman–Crippen MR) is 195 cm³/mol. The number of rotatable bonds is 13. The summed E-state index contributed by atoms with van der Waals surface area (Å²) in [6, 6.07) is 31.8. The molecule has 4 aromatic rings. The molecule has 0 aliphatic heterocycles. The van der Waals surface area contributed by atoms with Crippen molar-refractivity contribution in [2.24, 2.45) is 11.8 Å². The molecule has 0 bridgehead atoms. The van der Waals surface area contributed by atoms with Crippen molar-refractivity contribution < 1.29 is 23.9 Å². The highest BCUT2D eigenvalue weighted by Crippen LogP contribution is 2.43. The zero-order chi connectivity index (χ0) is 33.4. The quantitative estimate of drug-likeness (QED) is 0.0679. The highest BCUT2D eigenvalue weighted by molar-refractivity contribution is 7.19. The Morgan fingerprint density at radius 2 is 1.62 bits per heavy atom. The molecule has 1 aliphatic rings. The second-order valence-electron chi connectivity index (χ2n) is 13.4. The lowest BCUT2D eigenvalue weighted by atomic mass is 9.90. The predicted octanol–water partition coefficient (Wildman–Crippen LogP) is 7.93. The van der Waals surface area contributed by atoms with E-state index in [0.717, 1.165) is 11.3 Å². The number of Topliss-reactive ketones (excluding diaryl/α,β-unsaturated/α-hetero) is 1. The average Bonchev–Trinajstić information content (AvgIpc) is 3.62. The van der Waals surface area contributed by atoms with E-state index < -0.39 is 26.4 Å². The van der Waals surface area contributed by atoms with E-state index in [9.17, 15) is 14.7 Å². The summed E-state index contributed by atoms with van der Waals surface area (Å²) in [6.45, 7) is 6.82. The number of thiophene rings is 1. The van der Waals surface area contributed by atoms with Crippen molar-refractivity contribution in [1.29, 1.82) is 0 Å². The largest absolute Gasteiger partial charge is 0.469 e. The number of allylic oxidation sites excluding steroid dienone is 3. The molecule has 1 heterocycles. The molecule has 0 radical (unpaired) electrons. The van der Waals surface area contributed by atoms with Crippen LogP contribution >= 0.6 is 11.3 Å². The number of carbonyl (C=O) groups is 2. The van der Waals surface area contributed by atoms with Gasteiger partial charge in [0.1, 0.15) is 5.78 Å². The summed E-state index contributed by atoms with van der Waals surface area (Å²) in [4.78, 5) is 25.8. The van der Waals surface area contributed by atoms with Crippen molar-refractivity contribution in [1.82, 2.24) is 0 Å². The second-order valence-corrected chi connectivity index (χ2v) is 18.7. The minimum Gasteiger partial charge on any atom is -0.469 e. The van der Waals surface area contributed by atoms with E-state index in [2.05, 4.69) is 106 Å². The molecule has 3 aromatic carbocycles. The minimum absolute atomic E-state index is 0.0541. The van der Waals surface area contributed by atoms with Crippen LogP contribution in [0.4, 0.5) is 0 Å². The lowest BCUT2D eigenvalue weighted by Gasteiger charge is -2.44. The summed E-state index contributed by atoms with van der Waals surface area (Å²) in [5, 5.41) is 14.3. The number of carbonyl (C=O) groups excluding carboxylic acids is 2. The van der Waals surface area contributed by atoms with Gasteiger partial charge in [-0.3, -0.25) is 9.59 Å². The summed E-state index contributed by atoms with van der Waals surface area (Å²) in [6.07, 6.45) is 9.61. The average molecular weight is 667 g/mol. The van der Waals surface area contributed by atoms with Gasteiger partial charge in [0, 0.05) is 34.3 Å². The molecule has 4 atom stereocenters. The van der Waals surface area contributed by atoms with Gasteiger partial charge in [0.2, 0.25) is 0 Å². The van der Waals surface area contributed by atoms with Crippen LogP contribution in [-0.4, -0.2) is 38.4 Å². The molecule has 1 saturated carbocycles. The summed E-state index contributed by atoms with van der Waals surface area (Å²) in [5.74, 6) is -0.789. The number of aliphatic hydroxyl groups excluding tert-OH is 1. The molecule has 0 amide bonds. The zero-order valence-electron chi connectivity index (χ0n) is 27.8. The van der Waals surface area contributed by atoms with Gasteiger partial charge in [0.05, 0.1) is 19.3 Å². The van der Waals surface area contributed by atoms with Gasteiger partial charge < -0.3 is 14.3 Å². The molecule has 0 saturated heterocycles. The molecule has 1 N–H and O–H groups in total. The zero-order valence-corrected chi connectivity index (χ0v) is 29.6. The van der Waals surface area contributed by atoms with Gasteiger partial charge >= 0.3 is 5.97 Å². The van der Waals surface area contributed by atoms with Gasteiger partial charge in [0.15, 0.2) is 0 Å². The smallest absolute Gasteiger partial charge is 0.305 e. The van der Waals surface area contributed by atoms with Crippen LogP contribution in [-0.2, 0) is 18.8 Å². The van der Waals surface area contributed by atoms with Crippen molar-refractivity contribution in [3.8, 4) is 0 Å². The van der Waals surface area contributed by atoms with Crippen molar-refractivity contribution in [2.75, 3.05) is 7.11 Å². The number of esters is 1. The Bertz CT molecular complexity index is 1620. The first kappa shape index (κ1) is 34.7. The summed E-state index contributed by atoms with van der Waals surface area (Å²) in [7, 11) is -1.54. The Morgan fingerprint density at radius 3 is 2.23 bits per heavy atom. The fourth-order valence-corrected chi connectivity index (χ4v) is 12.6. The van der Waals surface area contributed by atoms with E-state index >= 15 is 0 Å². The Kier molecular flexibility index (Phi) is 11.5. The van der Waals surface area contributed by atoms with Gasteiger partial charge in [-0.2, -0.15) is 0 Å². The molecule has 5 nitrogen and oxygen atoms in total. The normalized spacial score (nSPS) is 19.6. The first-order valence-electron chi connectivity index (χ1n) is 16.5. The first-order valence-corrected chi connectivity index (χ1v) is 19.2. The summed E-state index contributed by atoms with van der Waals surface area (Å²) < 4.78 is 13.6. The van der Waals surface area contributed by atoms with Gasteiger partial charge in [0.25, 0.3) is 8.32 Å². The molecule has 1 aromatic heterocycles. The van der Waals surface area contributed by atoms with Crippen LogP contribution < -0.4 is 10.4 Å². The Balaban J connectivity index is 1.52. The summed E-state index contributed by atoms with van der Waals surface area (Å²) in [5.41, 5.74) is 0. The third-order valence-electron chi connectivity index (χ3n) is 9.23. The first-order chi connectivity index (χ1) is 22.6.